The lowest BCUT2D eigenvalue weighted by Crippen LogP contribution is -2.40. The summed E-state index contributed by atoms with van der Waals surface area (Å²) in [5, 5.41) is 12.2. The highest BCUT2D eigenvalue weighted by molar-refractivity contribution is 6.04. The molecule has 2 aliphatic carbocycles. The number of amides is 1. The summed E-state index contributed by atoms with van der Waals surface area (Å²) in [7, 11) is 0. The van der Waals surface area contributed by atoms with Crippen LogP contribution < -0.4 is 5.32 Å². The van der Waals surface area contributed by atoms with Crippen LogP contribution in [0.1, 0.15) is 53.3 Å². The first-order chi connectivity index (χ1) is 10.1. The molecule has 0 radical (unpaired) electrons. The largest absolute Gasteiger partial charge is 0.478 e. The Morgan fingerprint density at radius 2 is 1.90 bits per heavy atom. The maximum atomic E-state index is 12.4. The van der Waals surface area contributed by atoms with Gasteiger partial charge in [0.05, 0.1) is 11.1 Å². The van der Waals surface area contributed by atoms with Crippen LogP contribution in [0, 0.1) is 17.8 Å². The van der Waals surface area contributed by atoms with Crippen molar-refractivity contribution in [3.8, 4) is 0 Å². The average molecular weight is 287 g/mol. The van der Waals surface area contributed by atoms with E-state index in [1.54, 1.807) is 18.2 Å². The number of hydrogen-bond donors (Lipinski definition) is 2. The predicted molar refractivity (Wildman–Crippen MR) is 79.3 cm³/mol. The van der Waals surface area contributed by atoms with Crippen LogP contribution in [-0.2, 0) is 0 Å². The zero-order valence-corrected chi connectivity index (χ0v) is 12.2. The molecule has 0 aliphatic heterocycles. The van der Waals surface area contributed by atoms with Gasteiger partial charge >= 0.3 is 5.97 Å². The van der Waals surface area contributed by atoms with Crippen molar-refractivity contribution in [2.45, 2.75) is 38.6 Å². The fraction of sp³-hybridized carbons (Fsp3) is 0.529. The molecule has 0 saturated heterocycles. The predicted octanol–water partition coefficient (Wildman–Crippen LogP) is 2.94. The lowest BCUT2D eigenvalue weighted by molar-refractivity contribution is 0.0690. The van der Waals surface area contributed by atoms with Crippen molar-refractivity contribution in [2.75, 3.05) is 0 Å². The molecular formula is C17H21NO3. The Bertz CT molecular complexity index is 569. The first-order valence-corrected chi connectivity index (χ1v) is 7.69. The van der Waals surface area contributed by atoms with Gasteiger partial charge < -0.3 is 10.4 Å². The molecule has 4 atom stereocenters. The number of fused-ring (bicyclic) bond motifs is 2. The molecule has 0 heterocycles. The summed E-state index contributed by atoms with van der Waals surface area (Å²) in [6.45, 7) is 2.05. The second kappa shape index (κ2) is 5.51. The zero-order valence-electron chi connectivity index (χ0n) is 12.2. The summed E-state index contributed by atoms with van der Waals surface area (Å²) < 4.78 is 0. The lowest BCUT2D eigenvalue weighted by Gasteiger charge is -2.28. The highest BCUT2D eigenvalue weighted by Crippen LogP contribution is 2.49. The van der Waals surface area contributed by atoms with E-state index in [0.717, 1.165) is 11.8 Å². The number of carboxylic acids is 1. The Balaban J connectivity index is 1.70. The highest BCUT2D eigenvalue weighted by Gasteiger charge is 2.42. The Labute approximate surface area is 124 Å². The smallest absolute Gasteiger partial charge is 0.336 e. The maximum Gasteiger partial charge on any atom is 0.336 e. The average Bonchev–Trinajstić information content (AvgIpc) is 3.09. The highest BCUT2D eigenvalue weighted by atomic mass is 16.4. The number of benzene rings is 1. The maximum absolute atomic E-state index is 12.4. The van der Waals surface area contributed by atoms with Gasteiger partial charge in [-0.2, -0.15) is 0 Å². The van der Waals surface area contributed by atoms with E-state index in [0.29, 0.717) is 5.92 Å². The minimum atomic E-state index is -1.06. The van der Waals surface area contributed by atoms with Gasteiger partial charge in [0, 0.05) is 6.04 Å². The molecule has 2 saturated carbocycles. The number of hydrogen-bond acceptors (Lipinski definition) is 2. The first-order valence-electron chi connectivity index (χ1n) is 7.69. The van der Waals surface area contributed by atoms with Crippen LogP contribution in [0.4, 0.5) is 0 Å². The van der Waals surface area contributed by atoms with Gasteiger partial charge in [-0.1, -0.05) is 18.6 Å². The Kier molecular flexibility index (Phi) is 3.70. The third-order valence-electron chi connectivity index (χ3n) is 5.20. The van der Waals surface area contributed by atoms with Gasteiger partial charge in [-0.3, -0.25) is 4.79 Å². The number of carbonyl (C=O) groups is 2. The summed E-state index contributed by atoms with van der Waals surface area (Å²) in [5.74, 6) is 0.784. The monoisotopic (exact) mass is 287 g/mol. The van der Waals surface area contributed by atoms with Gasteiger partial charge in [-0.15, -0.1) is 0 Å². The minimum Gasteiger partial charge on any atom is -0.478 e. The van der Waals surface area contributed by atoms with Crippen molar-refractivity contribution in [1.82, 2.24) is 5.32 Å². The Morgan fingerprint density at radius 1 is 1.19 bits per heavy atom. The molecule has 4 nitrogen and oxygen atoms in total. The van der Waals surface area contributed by atoms with Gasteiger partial charge in [0.2, 0.25) is 0 Å². The van der Waals surface area contributed by atoms with Crippen LogP contribution in [0.2, 0.25) is 0 Å². The van der Waals surface area contributed by atoms with E-state index in [1.165, 1.54) is 31.7 Å². The fourth-order valence-corrected chi connectivity index (χ4v) is 4.17. The van der Waals surface area contributed by atoms with Gasteiger partial charge in [0.15, 0.2) is 0 Å². The summed E-state index contributed by atoms with van der Waals surface area (Å²) in [6, 6.07) is 6.49. The van der Waals surface area contributed by atoms with E-state index in [-0.39, 0.29) is 23.1 Å². The molecule has 21 heavy (non-hydrogen) atoms. The van der Waals surface area contributed by atoms with E-state index in [2.05, 4.69) is 5.32 Å². The van der Waals surface area contributed by atoms with Gasteiger partial charge in [-0.05, 0) is 56.1 Å². The molecule has 2 fully saturated rings. The molecule has 2 aliphatic rings. The van der Waals surface area contributed by atoms with Crippen molar-refractivity contribution >= 4 is 11.9 Å². The van der Waals surface area contributed by atoms with Crippen molar-refractivity contribution in [3.05, 3.63) is 35.4 Å². The molecule has 4 unspecified atom stereocenters. The third-order valence-corrected chi connectivity index (χ3v) is 5.20. The van der Waals surface area contributed by atoms with Crippen molar-refractivity contribution in [2.24, 2.45) is 17.8 Å². The first kappa shape index (κ1) is 14.1. The van der Waals surface area contributed by atoms with Gasteiger partial charge in [0.1, 0.15) is 0 Å². The van der Waals surface area contributed by atoms with Crippen LogP contribution >= 0.6 is 0 Å². The zero-order chi connectivity index (χ0) is 15.0. The van der Waals surface area contributed by atoms with E-state index in [9.17, 15) is 9.59 Å². The van der Waals surface area contributed by atoms with E-state index in [1.807, 2.05) is 6.92 Å². The van der Waals surface area contributed by atoms with Crippen molar-refractivity contribution in [1.29, 1.82) is 0 Å². The molecule has 2 N–H and O–H groups in total. The van der Waals surface area contributed by atoms with Gasteiger partial charge in [-0.25, -0.2) is 4.79 Å². The molecule has 2 bridgehead atoms. The van der Waals surface area contributed by atoms with Gasteiger partial charge in [0.25, 0.3) is 5.91 Å². The van der Waals surface area contributed by atoms with E-state index in [4.69, 9.17) is 5.11 Å². The van der Waals surface area contributed by atoms with E-state index >= 15 is 0 Å². The topological polar surface area (TPSA) is 66.4 Å². The lowest BCUT2D eigenvalue weighted by atomic mass is 9.84. The molecule has 1 aromatic rings. The standard InChI is InChI=1S/C17H21NO3/c1-10(15-9-11-6-7-12(15)8-11)18-16(19)13-4-2-3-5-14(13)17(20)21/h2-5,10-12,15H,6-9H2,1H3,(H,18,19)(H,20,21). The minimum absolute atomic E-state index is 0.0649. The summed E-state index contributed by atoms with van der Waals surface area (Å²) in [6.07, 6.45) is 5.12. The SMILES string of the molecule is CC(NC(=O)c1ccccc1C(=O)O)C1CC2CCC1C2. The Morgan fingerprint density at radius 3 is 2.48 bits per heavy atom. The summed E-state index contributed by atoms with van der Waals surface area (Å²) in [4.78, 5) is 23.6. The quantitative estimate of drug-likeness (QED) is 0.894. The summed E-state index contributed by atoms with van der Waals surface area (Å²) >= 11 is 0. The molecule has 1 aromatic carbocycles. The van der Waals surface area contributed by atoms with Crippen LogP contribution in [0.5, 0.6) is 0 Å². The molecule has 1 amide bonds. The van der Waals surface area contributed by atoms with Crippen LogP contribution in [0.25, 0.3) is 0 Å². The van der Waals surface area contributed by atoms with E-state index < -0.39 is 5.97 Å². The molecule has 0 aromatic heterocycles. The van der Waals surface area contributed by atoms with Crippen LogP contribution in [-0.4, -0.2) is 23.0 Å². The number of nitrogens with one attached hydrogen (secondary N) is 1. The molecule has 3 rings (SSSR count). The number of carbonyl (C=O) groups excluding carboxylic acids is 1. The molecule has 0 spiro atoms. The molecular weight excluding hydrogens is 266 g/mol. The second-order valence-electron chi connectivity index (χ2n) is 6.45. The van der Waals surface area contributed by atoms with Crippen LogP contribution in [0.15, 0.2) is 24.3 Å². The van der Waals surface area contributed by atoms with Crippen LogP contribution in [0.3, 0.4) is 0 Å². The number of aromatic carboxylic acids is 1. The summed E-state index contributed by atoms with van der Waals surface area (Å²) in [5.41, 5.74) is 0.315. The number of rotatable bonds is 4. The second-order valence-corrected chi connectivity index (χ2v) is 6.45. The number of carboxylic acid groups (broad SMARTS) is 1. The molecule has 4 heteroatoms. The van der Waals surface area contributed by atoms with Crippen molar-refractivity contribution < 1.29 is 14.7 Å². The Hall–Kier alpha value is -1.84. The third kappa shape index (κ3) is 2.67. The normalized spacial score (nSPS) is 28.3. The van der Waals surface area contributed by atoms with Crippen molar-refractivity contribution in [3.63, 3.8) is 0 Å². The fourth-order valence-electron chi connectivity index (χ4n) is 4.17. The molecule has 112 valence electrons.